The molecule has 1 aromatic heterocycles. The summed E-state index contributed by atoms with van der Waals surface area (Å²) >= 11 is 0. The van der Waals surface area contributed by atoms with E-state index in [1.54, 1.807) is 37.6 Å². The van der Waals surface area contributed by atoms with Crippen molar-refractivity contribution in [3.05, 3.63) is 59.9 Å². The third-order valence-electron chi connectivity index (χ3n) is 4.30. The van der Waals surface area contributed by atoms with Gasteiger partial charge in [0.1, 0.15) is 17.2 Å². The van der Waals surface area contributed by atoms with Gasteiger partial charge in [0.05, 0.1) is 34.7 Å². The van der Waals surface area contributed by atoms with Crippen molar-refractivity contribution in [1.29, 1.82) is 0 Å². The van der Waals surface area contributed by atoms with Gasteiger partial charge in [-0.05, 0) is 42.5 Å². The molecule has 0 aliphatic carbocycles. The number of rotatable bonds is 7. The monoisotopic (exact) mass is 383 g/mol. The molecule has 3 rings (SSSR count). The molecule has 1 heterocycles. The number of methoxy groups -OCH3 is 4. The van der Waals surface area contributed by atoms with Crippen molar-refractivity contribution in [2.45, 2.75) is 0 Å². The van der Waals surface area contributed by atoms with Gasteiger partial charge in [-0.1, -0.05) is 5.16 Å². The van der Waals surface area contributed by atoms with Crippen LogP contribution in [0, 0.1) is 0 Å². The van der Waals surface area contributed by atoms with E-state index in [0.717, 1.165) is 5.56 Å². The quantitative estimate of drug-likeness (QED) is 0.374. The predicted octanol–water partition coefficient (Wildman–Crippen LogP) is 4.21. The predicted molar refractivity (Wildman–Crippen MR) is 104 cm³/mol. The second-order valence-electron chi connectivity index (χ2n) is 5.75. The van der Waals surface area contributed by atoms with E-state index in [4.69, 9.17) is 23.4 Å². The number of furan rings is 1. The van der Waals surface area contributed by atoms with Gasteiger partial charge in [-0.15, -0.1) is 0 Å². The van der Waals surface area contributed by atoms with Crippen LogP contribution in [0.2, 0.25) is 0 Å². The largest absolute Gasteiger partial charge is 0.496 e. The van der Waals surface area contributed by atoms with Crippen LogP contribution in [0.5, 0.6) is 23.0 Å². The Morgan fingerprint density at radius 2 is 1.54 bits per heavy atom. The molecule has 0 saturated heterocycles. The van der Waals surface area contributed by atoms with Gasteiger partial charge >= 0.3 is 0 Å². The smallest absolute Gasteiger partial charge is 0.203 e. The average molecular weight is 383 g/mol. The fourth-order valence-electron chi connectivity index (χ4n) is 2.97. The Balaban J connectivity index is 2.18. The molecule has 0 radical (unpaired) electrons. The number of ether oxygens (including phenoxy) is 4. The third-order valence-corrected chi connectivity index (χ3v) is 4.30. The molecule has 0 aliphatic heterocycles. The van der Waals surface area contributed by atoms with Crippen LogP contribution in [0.4, 0.5) is 0 Å². The highest BCUT2D eigenvalue weighted by atomic mass is 16.5. The molecular weight excluding hydrogens is 362 g/mol. The van der Waals surface area contributed by atoms with Crippen molar-refractivity contribution in [1.82, 2.24) is 0 Å². The normalized spacial score (nSPS) is 11.2. The summed E-state index contributed by atoms with van der Waals surface area (Å²) in [4.78, 5) is 0. The SMILES string of the molecule is COc1ccc(-c2ccco2)cc1/C(=N/O)c1cc(OC)c(OC)c(OC)c1. The highest BCUT2D eigenvalue weighted by Crippen LogP contribution is 2.39. The Bertz CT molecular complexity index is 954. The maximum absolute atomic E-state index is 9.82. The first-order chi connectivity index (χ1) is 13.7. The number of benzene rings is 2. The highest BCUT2D eigenvalue weighted by Gasteiger charge is 2.20. The molecule has 0 amide bonds. The molecule has 2 aromatic carbocycles. The summed E-state index contributed by atoms with van der Waals surface area (Å²) in [7, 11) is 6.12. The van der Waals surface area contributed by atoms with Crippen molar-refractivity contribution in [2.24, 2.45) is 5.16 Å². The Hall–Kier alpha value is -3.61. The van der Waals surface area contributed by atoms with Crippen LogP contribution in [0.3, 0.4) is 0 Å². The molecule has 28 heavy (non-hydrogen) atoms. The van der Waals surface area contributed by atoms with Gasteiger partial charge in [0, 0.05) is 16.7 Å². The maximum Gasteiger partial charge on any atom is 0.203 e. The molecule has 0 atom stereocenters. The number of hydrogen-bond donors (Lipinski definition) is 1. The minimum absolute atomic E-state index is 0.282. The van der Waals surface area contributed by atoms with Crippen molar-refractivity contribution in [3.8, 4) is 34.3 Å². The third kappa shape index (κ3) is 3.46. The van der Waals surface area contributed by atoms with E-state index in [9.17, 15) is 5.21 Å². The van der Waals surface area contributed by atoms with Crippen LogP contribution in [0.15, 0.2) is 58.3 Å². The molecule has 0 aliphatic rings. The van der Waals surface area contributed by atoms with Gasteiger partial charge in [-0.25, -0.2) is 0 Å². The number of oxime groups is 1. The summed E-state index contributed by atoms with van der Waals surface area (Å²) in [5.74, 6) is 2.56. The topological polar surface area (TPSA) is 82.7 Å². The van der Waals surface area contributed by atoms with Gasteiger partial charge in [-0.3, -0.25) is 0 Å². The van der Waals surface area contributed by atoms with Gasteiger partial charge < -0.3 is 28.6 Å². The second kappa shape index (κ2) is 8.39. The fourth-order valence-corrected chi connectivity index (χ4v) is 2.97. The van der Waals surface area contributed by atoms with Crippen molar-refractivity contribution in [3.63, 3.8) is 0 Å². The minimum Gasteiger partial charge on any atom is -0.496 e. The van der Waals surface area contributed by atoms with Crippen LogP contribution < -0.4 is 18.9 Å². The average Bonchev–Trinajstić information content (AvgIpc) is 3.28. The van der Waals surface area contributed by atoms with Gasteiger partial charge in [0.15, 0.2) is 11.5 Å². The number of hydrogen-bond acceptors (Lipinski definition) is 7. The molecule has 0 fully saturated rings. The zero-order valence-electron chi connectivity index (χ0n) is 16.1. The van der Waals surface area contributed by atoms with E-state index in [2.05, 4.69) is 5.16 Å². The van der Waals surface area contributed by atoms with E-state index < -0.39 is 0 Å². The Morgan fingerprint density at radius 3 is 2.04 bits per heavy atom. The molecule has 7 heteroatoms. The summed E-state index contributed by atoms with van der Waals surface area (Å²) in [5, 5.41) is 13.3. The maximum atomic E-state index is 9.82. The molecule has 0 bridgehead atoms. The highest BCUT2D eigenvalue weighted by molar-refractivity contribution is 6.15. The van der Waals surface area contributed by atoms with Crippen LogP contribution in [0.25, 0.3) is 11.3 Å². The van der Waals surface area contributed by atoms with E-state index in [1.165, 1.54) is 21.3 Å². The van der Waals surface area contributed by atoms with Gasteiger partial charge in [-0.2, -0.15) is 0 Å². The minimum atomic E-state index is 0.282. The fraction of sp³-hybridized carbons (Fsp3) is 0.190. The molecule has 0 spiro atoms. The first-order valence-corrected chi connectivity index (χ1v) is 8.41. The molecule has 0 saturated carbocycles. The van der Waals surface area contributed by atoms with Crippen LogP contribution in [-0.2, 0) is 0 Å². The van der Waals surface area contributed by atoms with Crippen LogP contribution in [-0.4, -0.2) is 39.4 Å². The standard InChI is InChI=1S/C21H21NO6/c1-24-17-8-7-13(16-6-5-9-28-16)10-15(17)20(22-23)14-11-18(25-2)21(27-4)19(12-14)26-3/h5-12,23H,1-4H3/b22-20+. The summed E-state index contributed by atoms with van der Waals surface area (Å²) in [6.45, 7) is 0. The summed E-state index contributed by atoms with van der Waals surface area (Å²) in [5.41, 5.74) is 2.24. The van der Waals surface area contributed by atoms with Crippen molar-refractivity contribution < 1.29 is 28.6 Å². The lowest BCUT2D eigenvalue weighted by Gasteiger charge is -2.16. The second-order valence-corrected chi connectivity index (χ2v) is 5.75. The Morgan fingerprint density at radius 1 is 0.857 bits per heavy atom. The van der Waals surface area contributed by atoms with E-state index in [0.29, 0.717) is 39.9 Å². The molecule has 3 aromatic rings. The Kier molecular flexibility index (Phi) is 5.74. The molecule has 7 nitrogen and oxygen atoms in total. The zero-order valence-corrected chi connectivity index (χ0v) is 16.1. The van der Waals surface area contributed by atoms with Gasteiger partial charge in [0.25, 0.3) is 0 Å². The lowest BCUT2D eigenvalue weighted by molar-refractivity contribution is 0.318. The van der Waals surface area contributed by atoms with Gasteiger partial charge in [0.2, 0.25) is 5.75 Å². The molecular formula is C21H21NO6. The van der Waals surface area contributed by atoms with Crippen molar-refractivity contribution in [2.75, 3.05) is 28.4 Å². The summed E-state index contributed by atoms with van der Waals surface area (Å²) in [6, 6.07) is 12.5. The molecule has 146 valence electrons. The zero-order chi connectivity index (χ0) is 20.1. The Labute approximate surface area is 162 Å². The van der Waals surface area contributed by atoms with Crippen molar-refractivity contribution >= 4 is 5.71 Å². The first-order valence-electron chi connectivity index (χ1n) is 8.41. The van der Waals surface area contributed by atoms with E-state index in [1.807, 2.05) is 18.2 Å². The molecule has 1 N–H and O–H groups in total. The lowest BCUT2D eigenvalue weighted by atomic mass is 9.98. The lowest BCUT2D eigenvalue weighted by Crippen LogP contribution is -2.08. The van der Waals surface area contributed by atoms with E-state index >= 15 is 0 Å². The summed E-state index contributed by atoms with van der Waals surface area (Å²) in [6.07, 6.45) is 1.60. The van der Waals surface area contributed by atoms with Crippen LogP contribution >= 0.6 is 0 Å². The van der Waals surface area contributed by atoms with Crippen LogP contribution in [0.1, 0.15) is 11.1 Å². The first kappa shape index (κ1) is 19.2. The summed E-state index contributed by atoms with van der Waals surface area (Å²) < 4.78 is 27.1. The molecule has 0 unspecified atom stereocenters. The van der Waals surface area contributed by atoms with E-state index in [-0.39, 0.29) is 5.71 Å². The number of nitrogens with zero attached hydrogens (tertiary/aromatic N) is 1.